The van der Waals surface area contributed by atoms with E-state index in [1.165, 1.54) is 13.2 Å². The van der Waals surface area contributed by atoms with Crippen molar-refractivity contribution in [2.24, 2.45) is 11.1 Å². The first-order valence-electron chi connectivity index (χ1n) is 5.13. The lowest BCUT2D eigenvalue weighted by Gasteiger charge is -2.30. The maximum atomic E-state index is 13.7. The molecule has 0 aliphatic rings. The minimum Gasteiger partial charge on any atom is -0.496 e. The van der Waals surface area contributed by atoms with Crippen LogP contribution in [-0.2, 0) is 0 Å². The highest BCUT2D eigenvalue weighted by Crippen LogP contribution is 2.36. The lowest BCUT2D eigenvalue weighted by atomic mass is 9.81. The number of rotatable bonds is 4. The van der Waals surface area contributed by atoms with Gasteiger partial charge in [0.15, 0.2) is 0 Å². The Morgan fingerprint density at radius 1 is 1.47 bits per heavy atom. The fraction of sp³-hybridized carbons (Fsp3) is 0.500. The summed E-state index contributed by atoms with van der Waals surface area (Å²) in [6.07, 6.45) is 0. The second-order valence-corrected chi connectivity index (χ2v) is 4.48. The average Bonchev–Trinajstić information content (AvgIpc) is 2.27. The van der Waals surface area contributed by atoms with Crippen molar-refractivity contribution in [3.05, 3.63) is 29.6 Å². The van der Waals surface area contributed by atoms with Crippen LogP contribution in [0.25, 0.3) is 0 Å². The zero-order valence-electron chi connectivity index (χ0n) is 10.2. The third-order valence-electron chi connectivity index (χ3n) is 2.79. The normalized spacial score (nSPS) is 12.8. The van der Waals surface area contributed by atoms with E-state index >= 15 is 0 Å². The summed E-state index contributed by atoms with van der Waals surface area (Å²) in [6.45, 7) is 3.44. The van der Waals surface area contributed by atoms with Gasteiger partial charge in [-0.05, 0) is 12.1 Å². The quantitative estimate of drug-likeness (QED) is 0.876. The Bertz CT molecular complexity index is 372. The van der Waals surface area contributed by atoms with E-state index in [4.69, 9.17) is 10.5 Å². The zero-order chi connectivity index (χ0) is 12.3. The van der Waals surface area contributed by atoms with Gasteiger partial charge in [0, 0.05) is 23.6 Å². The van der Waals surface area contributed by atoms with Crippen LogP contribution < -0.4 is 10.5 Å². The van der Waals surface area contributed by atoms with Crippen molar-refractivity contribution in [1.82, 2.24) is 0 Å². The summed E-state index contributed by atoms with van der Waals surface area (Å²) in [4.78, 5) is 0. The molecule has 0 aromatic heterocycles. The molecule has 0 amide bonds. The Kier molecular flexibility index (Phi) is 5.88. The van der Waals surface area contributed by atoms with Gasteiger partial charge in [-0.3, -0.25) is 0 Å². The molecule has 0 radical (unpaired) electrons. The smallest absolute Gasteiger partial charge is 0.131 e. The van der Waals surface area contributed by atoms with E-state index < -0.39 is 17.3 Å². The molecule has 0 saturated carbocycles. The number of aliphatic hydroxyl groups excluding tert-OH is 1. The van der Waals surface area contributed by atoms with Gasteiger partial charge in [0.25, 0.3) is 0 Å². The number of hydrogen-bond donors (Lipinski definition) is 2. The summed E-state index contributed by atoms with van der Waals surface area (Å²) in [5, 5.41) is 9.24. The maximum Gasteiger partial charge on any atom is 0.131 e. The topological polar surface area (TPSA) is 55.5 Å². The molecule has 3 N–H and O–H groups in total. The first-order chi connectivity index (χ1) is 7.44. The van der Waals surface area contributed by atoms with Gasteiger partial charge in [-0.2, -0.15) is 0 Å². The van der Waals surface area contributed by atoms with E-state index in [0.29, 0.717) is 11.3 Å². The molecule has 0 unspecified atom stereocenters. The molecule has 0 heterocycles. The van der Waals surface area contributed by atoms with Crippen molar-refractivity contribution in [1.29, 1.82) is 0 Å². The Morgan fingerprint density at radius 2 is 2.06 bits per heavy atom. The van der Waals surface area contributed by atoms with Crippen LogP contribution in [0.3, 0.4) is 0 Å². The number of methoxy groups -OCH3 is 1. The van der Waals surface area contributed by atoms with Crippen LogP contribution in [0.5, 0.6) is 5.75 Å². The van der Waals surface area contributed by atoms with Crippen molar-refractivity contribution in [2.75, 3.05) is 13.7 Å². The number of ether oxygens (including phenoxy) is 1. The molecule has 0 aliphatic heterocycles. The van der Waals surface area contributed by atoms with E-state index in [1.54, 1.807) is 26.0 Å². The number of halogens is 2. The molecule has 1 aromatic rings. The highest BCUT2D eigenvalue weighted by Gasteiger charge is 2.31. The molecule has 1 rings (SSSR count). The molecule has 98 valence electrons. The molecule has 0 fully saturated rings. The van der Waals surface area contributed by atoms with Crippen LogP contribution >= 0.6 is 12.4 Å². The molecular formula is C12H19ClFNO2. The highest BCUT2D eigenvalue weighted by atomic mass is 35.5. The summed E-state index contributed by atoms with van der Waals surface area (Å²) in [5.41, 5.74) is 5.69. The molecule has 1 atom stereocenters. The van der Waals surface area contributed by atoms with Crippen LogP contribution in [0.2, 0.25) is 0 Å². The lowest BCUT2D eigenvalue weighted by Crippen LogP contribution is -2.33. The maximum absolute atomic E-state index is 13.7. The number of hydrogen-bond acceptors (Lipinski definition) is 3. The first-order valence-corrected chi connectivity index (χ1v) is 5.13. The van der Waals surface area contributed by atoms with Gasteiger partial charge >= 0.3 is 0 Å². The first kappa shape index (κ1) is 16.2. The SMILES string of the molecule is COc1cccc(F)c1[C@@H](N)C(C)(C)CO.Cl. The van der Waals surface area contributed by atoms with E-state index in [2.05, 4.69) is 0 Å². The second-order valence-electron chi connectivity index (χ2n) is 4.48. The standard InChI is InChI=1S/C12H18FNO2.ClH/c1-12(2,7-15)11(14)10-8(13)5-4-6-9(10)16-3;/h4-6,11,15H,7,14H2,1-3H3;1H/t11-;/m1./s1. The van der Waals surface area contributed by atoms with Gasteiger partial charge < -0.3 is 15.6 Å². The van der Waals surface area contributed by atoms with Gasteiger partial charge in [-0.15, -0.1) is 12.4 Å². The number of aliphatic hydroxyl groups is 1. The van der Waals surface area contributed by atoms with E-state index in [9.17, 15) is 9.50 Å². The van der Waals surface area contributed by atoms with Crippen molar-refractivity contribution in [3.8, 4) is 5.75 Å². The summed E-state index contributed by atoms with van der Waals surface area (Å²) in [7, 11) is 1.47. The average molecular weight is 264 g/mol. The van der Waals surface area contributed by atoms with Crippen LogP contribution in [0, 0.1) is 11.2 Å². The largest absolute Gasteiger partial charge is 0.496 e. The fourth-order valence-corrected chi connectivity index (χ4v) is 1.49. The van der Waals surface area contributed by atoms with Crippen molar-refractivity contribution >= 4 is 12.4 Å². The zero-order valence-corrected chi connectivity index (χ0v) is 11.1. The Hall–Kier alpha value is -0.840. The third kappa shape index (κ3) is 3.31. The minimum absolute atomic E-state index is 0. The Morgan fingerprint density at radius 3 is 2.53 bits per heavy atom. The molecular weight excluding hydrogens is 245 g/mol. The van der Waals surface area contributed by atoms with E-state index in [0.717, 1.165) is 0 Å². The van der Waals surface area contributed by atoms with Crippen molar-refractivity contribution in [2.45, 2.75) is 19.9 Å². The van der Waals surface area contributed by atoms with Gasteiger partial charge in [0.1, 0.15) is 11.6 Å². The Balaban J connectivity index is 0.00000256. The van der Waals surface area contributed by atoms with Gasteiger partial charge in [0.2, 0.25) is 0 Å². The molecule has 3 nitrogen and oxygen atoms in total. The van der Waals surface area contributed by atoms with Crippen molar-refractivity contribution < 1.29 is 14.2 Å². The van der Waals surface area contributed by atoms with E-state index in [-0.39, 0.29) is 19.0 Å². The Labute approximate surface area is 107 Å². The second kappa shape index (κ2) is 6.19. The van der Waals surface area contributed by atoms with E-state index in [1.807, 2.05) is 0 Å². The van der Waals surface area contributed by atoms with Crippen LogP contribution in [0.15, 0.2) is 18.2 Å². The molecule has 0 bridgehead atoms. The van der Waals surface area contributed by atoms with Gasteiger partial charge in [-0.25, -0.2) is 4.39 Å². The predicted octanol–water partition coefficient (Wildman–Crippen LogP) is 2.27. The van der Waals surface area contributed by atoms with Crippen LogP contribution in [-0.4, -0.2) is 18.8 Å². The molecule has 17 heavy (non-hydrogen) atoms. The molecule has 0 saturated heterocycles. The lowest BCUT2D eigenvalue weighted by molar-refractivity contribution is 0.129. The molecule has 5 heteroatoms. The molecule has 0 spiro atoms. The highest BCUT2D eigenvalue weighted by molar-refractivity contribution is 5.85. The number of benzene rings is 1. The predicted molar refractivity (Wildman–Crippen MR) is 68.0 cm³/mol. The summed E-state index contributed by atoms with van der Waals surface area (Å²) in [5.74, 6) is 0.00222. The third-order valence-corrected chi connectivity index (χ3v) is 2.79. The fourth-order valence-electron chi connectivity index (χ4n) is 1.49. The summed E-state index contributed by atoms with van der Waals surface area (Å²) < 4.78 is 18.8. The molecule has 1 aromatic carbocycles. The number of nitrogens with two attached hydrogens (primary N) is 1. The van der Waals surface area contributed by atoms with Crippen LogP contribution in [0.1, 0.15) is 25.5 Å². The monoisotopic (exact) mass is 263 g/mol. The molecule has 0 aliphatic carbocycles. The van der Waals surface area contributed by atoms with Crippen molar-refractivity contribution in [3.63, 3.8) is 0 Å². The van der Waals surface area contributed by atoms with Gasteiger partial charge in [-0.1, -0.05) is 19.9 Å². The minimum atomic E-state index is -0.617. The van der Waals surface area contributed by atoms with Gasteiger partial charge in [0.05, 0.1) is 7.11 Å². The van der Waals surface area contributed by atoms with Crippen LogP contribution in [0.4, 0.5) is 4.39 Å². The summed E-state index contributed by atoms with van der Waals surface area (Å²) >= 11 is 0. The summed E-state index contributed by atoms with van der Waals surface area (Å²) in [6, 6.07) is 3.95.